The van der Waals surface area contributed by atoms with Gasteiger partial charge in [0, 0.05) is 29.6 Å². The van der Waals surface area contributed by atoms with Crippen LogP contribution in [-0.2, 0) is 22.6 Å². The monoisotopic (exact) mass is 478 g/mol. The zero-order chi connectivity index (χ0) is 23.7. The third-order valence-electron chi connectivity index (χ3n) is 6.12. The quantitative estimate of drug-likeness (QED) is 0.591. The van der Waals surface area contributed by atoms with Crippen LogP contribution in [0.1, 0.15) is 45.9 Å². The number of amides is 2. The van der Waals surface area contributed by atoms with Crippen LogP contribution < -0.4 is 10.1 Å². The van der Waals surface area contributed by atoms with Gasteiger partial charge < -0.3 is 14.4 Å². The van der Waals surface area contributed by atoms with E-state index in [1.165, 1.54) is 11.3 Å². The Morgan fingerprint density at radius 1 is 1.21 bits per heavy atom. The third-order valence-corrected chi connectivity index (χ3v) is 7.12. The van der Waals surface area contributed by atoms with E-state index in [0.717, 1.165) is 46.7 Å². The summed E-state index contributed by atoms with van der Waals surface area (Å²) < 4.78 is 11.1. The molecule has 1 saturated heterocycles. The first-order valence-corrected chi connectivity index (χ1v) is 12.2. The van der Waals surface area contributed by atoms with Crippen molar-refractivity contribution in [3.05, 3.63) is 58.4 Å². The van der Waals surface area contributed by atoms with E-state index in [1.807, 2.05) is 37.3 Å². The molecule has 0 saturated carbocycles. The molecule has 0 bridgehead atoms. The molecule has 8 nitrogen and oxygen atoms in total. The lowest BCUT2D eigenvalue weighted by Gasteiger charge is -2.26. The van der Waals surface area contributed by atoms with Crippen LogP contribution in [0.5, 0.6) is 5.75 Å². The minimum absolute atomic E-state index is 0.0302. The second-order valence-electron chi connectivity index (χ2n) is 8.46. The van der Waals surface area contributed by atoms with Gasteiger partial charge in [-0.05, 0) is 38.3 Å². The van der Waals surface area contributed by atoms with Crippen molar-refractivity contribution in [2.75, 3.05) is 19.0 Å². The minimum Gasteiger partial charge on any atom is -0.496 e. The number of nitrogens with one attached hydrogen (secondary N) is 1. The Kier molecular flexibility index (Phi) is 6.30. The van der Waals surface area contributed by atoms with Crippen molar-refractivity contribution in [2.24, 2.45) is 0 Å². The van der Waals surface area contributed by atoms with E-state index in [2.05, 4.69) is 15.3 Å². The van der Waals surface area contributed by atoms with Crippen LogP contribution in [0.25, 0.3) is 11.1 Å². The first-order chi connectivity index (χ1) is 16.5. The molecule has 176 valence electrons. The average Bonchev–Trinajstić information content (AvgIpc) is 3.42. The summed E-state index contributed by atoms with van der Waals surface area (Å²) in [6.07, 6.45) is 4.04. The smallest absolute Gasteiger partial charge is 0.259 e. The maximum atomic E-state index is 13.2. The Bertz CT molecular complexity index is 1210. The van der Waals surface area contributed by atoms with Gasteiger partial charge in [-0.2, -0.15) is 0 Å². The highest BCUT2D eigenvalue weighted by Crippen LogP contribution is 2.35. The fraction of sp³-hybridized carbons (Fsp3) is 0.360. The topological polar surface area (TPSA) is 93.6 Å². The number of ether oxygens (including phenoxy) is 2. The van der Waals surface area contributed by atoms with Crippen molar-refractivity contribution in [3.8, 4) is 16.9 Å². The number of aromatic nitrogens is 2. The summed E-state index contributed by atoms with van der Waals surface area (Å²) in [6, 6.07) is 9.46. The molecule has 5 rings (SSSR count). The zero-order valence-electron chi connectivity index (χ0n) is 19.2. The number of carbonyl (C=O) groups excluding carboxylic acids is 2. The number of nitrogens with zero attached hydrogens (tertiary/aromatic N) is 3. The number of pyridine rings is 1. The molecule has 2 aliphatic heterocycles. The van der Waals surface area contributed by atoms with Gasteiger partial charge in [0.05, 0.1) is 36.3 Å². The van der Waals surface area contributed by atoms with Crippen LogP contribution >= 0.6 is 11.3 Å². The number of carbonyl (C=O) groups is 2. The molecule has 1 N–H and O–H groups in total. The van der Waals surface area contributed by atoms with Gasteiger partial charge in [0.2, 0.25) is 0 Å². The van der Waals surface area contributed by atoms with Crippen LogP contribution in [0.4, 0.5) is 5.13 Å². The molecule has 2 aromatic heterocycles. The molecule has 2 amide bonds. The molecule has 4 heterocycles. The number of methoxy groups -OCH3 is 1. The van der Waals surface area contributed by atoms with E-state index >= 15 is 0 Å². The Morgan fingerprint density at radius 3 is 2.82 bits per heavy atom. The van der Waals surface area contributed by atoms with Crippen molar-refractivity contribution < 1.29 is 19.1 Å². The van der Waals surface area contributed by atoms with Gasteiger partial charge in [-0.3, -0.25) is 19.9 Å². The first kappa shape index (κ1) is 22.5. The fourth-order valence-corrected chi connectivity index (χ4v) is 5.37. The second kappa shape index (κ2) is 9.52. The molecule has 0 spiro atoms. The third kappa shape index (κ3) is 4.41. The predicted octanol–water partition coefficient (Wildman–Crippen LogP) is 4.19. The molecule has 0 aliphatic carbocycles. The standard InChI is InChI=1S/C25H26N4O4S/c1-15-11-17(16-7-3-4-8-20(16)32-2)18(12-26-15)23(30)28-25-27-19-13-29(14-22(19)34-25)24(31)21-9-5-6-10-33-21/h3-4,7-8,11-12,21H,5-6,9-10,13-14H2,1-2H3,(H,27,28,30)/t21-/m1/s1. The van der Waals surface area contributed by atoms with Gasteiger partial charge >= 0.3 is 0 Å². The summed E-state index contributed by atoms with van der Waals surface area (Å²) in [4.78, 5) is 37.7. The minimum atomic E-state index is -0.343. The number of anilines is 1. The Hall–Kier alpha value is -3.30. The number of hydrogen-bond acceptors (Lipinski definition) is 7. The fourth-order valence-electron chi connectivity index (χ4n) is 4.38. The van der Waals surface area contributed by atoms with Crippen molar-refractivity contribution in [3.63, 3.8) is 0 Å². The van der Waals surface area contributed by atoms with Crippen molar-refractivity contribution >= 4 is 28.3 Å². The number of rotatable bonds is 5. The van der Waals surface area contributed by atoms with Crippen LogP contribution in [0.2, 0.25) is 0 Å². The maximum Gasteiger partial charge on any atom is 0.259 e. The summed E-state index contributed by atoms with van der Waals surface area (Å²) in [6.45, 7) is 3.47. The van der Waals surface area contributed by atoms with Crippen molar-refractivity contribution in [2.45, 2.75) is 45.4 Å². The largest absolute Gasteiger partial charge is 0.496 e. The predicted molar refractivity (Wildman–Crippen MR) is 129 cm³/mol. The molecule has 2 aliphatic rings. The summed E-state index contributed by atoms with van der Waals surface area (Å²) in [7, 11) is 1.61. The van der Waals surface area contributed by atoms with Crippen LogP contribution in [0.15, 0.2) is 36.5 Å². The highest BCUT2D eigenvalue weighted by molar-refractivity contribution is 7.16. The molecule has 1 fully saturated rings. The molecule has 34 heavy (non-hydrogen) atoms. The maximum absolute atomic E-state index is 13.2. The highest BCUT2D eigenvalue weighted by atomic mass is 32.1. The Morgan fingerprint density at radius 2 is 2.06 bits per heavy atom. The molecular weight excluding hydrogens is 452 g/mol. The van der Waals surface area contributed by atoms with Gasteiger partial charge in [0.25, 0.3) is 11.8 Å². The lowest BCUT2D eigenvalue weighted by atomic mass is 9.99. The number of hydrogen-bond donors (Lipinski definition) is 1. The van der Waals surface area contributed by atoms with Crippen molar-refractivity contribution in [1.82, 2.24) is 14.9 Å². The van der Waals surface area contributed by atoms with Crippen molar-refractivity contribution in [1.29, 1.82) is 0 Å². The Labute approximate surface area is 201 Å². The molecule has 9 heteroatoms. The van der Waals surface area contributed by atoms with Gasteiger partial charge in [-0.25, -0.2) is 4.98 Å². The lowest BCUT2D eigenvalue weighted by molar-refractivity contribution is -0.147. The summed E-state index contributed by atoms with van der Waals surface area (Å²) in [5, 5.41) is 3.44. The highest BCUT2D eigenvalue weighted by Gasteiger charge is 2.33. The molecule has 1 aromatic carbocycles. The van der Waals surface area contributed by atoms with E-state index in [0.29, 0.717) is 36.1 Å². The van der Waals surface area contributed by atoms with E-state index in [9.17, 15) is 9.59 Å². The average molecular weight is 479 g/mol. The first-order valence-electron chi connectivity index (χ1n) is 11.3. The van der Waals surface area contributed by atoms with Gasteiger partial charge in [-0.1, -0.05) is 29.5 Å². The normalized spacial score (nSPS) is 17.4. The summed E-state index contributed by atoms with van der Waals surface area (Å²) in [5.41, 5.74) is 3.64. The lowest BCUT2D eigenvalue weighted by Crippen LogP contribution is -2.39. The van der Waals surface area contributed by atoms with Gasteiger partial charge in [0.1, 0.15) is 11.9 Å². The molecule has 0 unspecified atom stereocenters. The molecule has 3 aromatic rings. The summed E-state index contributed by atoms with van der Waals surface area (Å²) >= 11 is 1.40. The summed E-state index contributed by atoms with van der Waals surface area (Å²) in [5.74, 6) is 0.425. The van der Waals surface area contributed by atoms with Gasteiger partial charge in [0.15, 0.2) is 5.13 Å². The van der Waals surface area contributed by atoms with E-state index in [4.69, 9.17) is 9.47 Å². The van der Waals surface area contributed by atoms with Crippen LogP contribution in [-0.4, -0.2) is 46.5 Å². The second-order valence-corrected chi connectivity index (χ2v) is 9.55. The zero-order valence-corrected chi connectivity index (χ0v) is 20.0. The number of para-hydroxylation sites is 1. The number of benzene rings is 1. The van der Waals surface area contributed by atoms with Crippen LogP contribution in [0, 0.1) is 6.92 Å². The van der Waals surface area contributed by atoms with E-state index in [-0.39, 0.29) is 17.9 Å². The Balaban J connectivity index is 1.32. The van der Waals surface area contributed by atoms with E-state index < -0.39 is 0 Å². The number of aryl methyl sites for hydroxylation is 1. The number of fused-ring (bicyclic) bond motifs is 1. The SMILES string of the molecule is COc1ccccc1-c1cc(C)ncc1C(=O)Nc1nc2c(s1)CN(C(=O)[C@H]1CCCCO1)C2. The van der Waals surface area contributed by atoms with Gasteiger partial charge in [-0.15, -0.1) is 0 Å². The number of thiazole rings is 1. The molecule has 0 radical (unpaired) electrons. The molecular formula is C25H26N4O4S. The van der Waals surface area contributed by atoms with Crippen LogP contribution in [0.3, 0.4) is 0 Å². The van der Waals surface area contributed by atoms with E-state index in [1.54, 1.807) is 18.2 Å². The molecule has 1 atom stereocenters.